The number of carbonyl (C=O) groups excluding carboxylic acids is 1. The zero-order valence-corrected chi connectivity index (χ0v) is 13.5. The van der Waals surface area contributed by atoms with Crippen LogP contribution in [-0.2, 0) is 0 Å². The van der Waals surface area contributed by atoms with Crippen molar-refractivity contribution in [1.82, 2.24) is 9.97 Å². The first-order chi connectivity index (χ1) is 11.7. The third-order valence-corrected chi connectivity index (χ3v) is 4.19. The van der Waals surface area contributed by atoms with Crippen LogP contribution in [0, 0.1) is 6.92 Å². The fourth-order valence-electron chi connectivity index (χ4n) is 3.07. The second-order valence-electron chi connectivity index (χ2n) is 5.94. The van der Waals surface area contributed by atoms with Gasteiger partial charge in [-0.25, -0.2) is 9.97 Å². The van der Waals surface area contributed by atoms with Crippen LogP contribution in [0.25, 0.3) is 11.1 Å². The number of hydrogen-bond acceptors (Lipinski definition) is 5. The van der Waals surface area contributed by atoms with Crippen LogP contribution in [0.2, 0.25) is 0 Å². The molecule has 6 heteroatoms. The quantitative estimate of drug-likeness (QED) is 0.800. The van der Waals surface area contributed by atoms with Gasteiger partial charge in [-0.05, 0) is 43.2 Å². The van der Waals surface area contributed by atoms with Crippen LogP contribution in [0.5, 0.6) is 0 Å². The Bertz CT molecular complexity index is 897. The first kappa shape index (κ1) is 14.7. The highest BCUT2D eigenvalue weighted by Crippen LogP contribution is 2.24. The molecular weight excluding hydrogens is 304 g/mol. The predicted octanol–water partition coefficient (Wildman–Crippen LogP) is 3.38. The van der Waals surface area contributed by atoms with Gasteiger partial charge in [0.05, 0.1) is 5.56 Å². The maximum atomic E-state index is 12.7. The number of nitrogens with zero attached hydrogens (tertiary/aromatic N) is 3. The summed E-state index contributed by atoms with van der Waals surface area (Å²) < 4.78 is 5.46. The van der Waals surface area contributed by atoms with Gasteiger partial charge in [0.1, 0.15) is 11.3 Å². The first-order valence-electron chi connectivity index (χ1n) is 8.09. The highest BCUT2D eigenvalue weighted by molar-refractivity contribution is 6.08. The smallest absolute Gasteiger partial charge is 0.259 e. The van der Waals surface area contributed by atoms with E-state index in [1.165, 1.54) is 0 Å². The molecule has 0 bridgehead atoms. The number of rotatable bonds is 3. The number of amides is 1. The van der Waals surface area contributed by atoms with Crippen LogP contribution in [0.4, 0.5) is 11.5 Å². The van der Waals surface area contributed by atoms with Gasteiger partial charge in [-0.1, -0.05) is 0 Å². The van der Waals surface area contributed by atoms with E-state index in [0.29, 0.717) is 22.7 Å². The lowest BCUT2D eigenvalue weighted by molar-refractivity contribution is 0.102. The number of nitrogens with one attached hydrogen (secondary N) is 1. The number of aryl methyl sites for hydroxylation is 1. The summed E-state index contributed by atoms with van der Waals surface area (Å²) in [6, 6.07) is 9.05. The summed E-state index contributed by atoms with van der Waals surface area (Å²) in [7, 11) is 0. The van der Waals surface area contributed by atoms with Crippen LogP contribution in [-0.4, -0.2) is 29.0 Å². The van der Waals surface area contributed by atoms with E-state index < -0.39 is 0 Å². The van der Waals surface area contributed by atoms with E-state index >= 15 is 0 Å². The maximum Gasteiger partial charge on any atom is 0.259 e. The summed E-state index contributed by atoms with van der Waals surface area (Å²) in [5.41, 5.74) is 2.73. The van der Waals surface area contributed by atoms with Gasteiger partial charge in [0.15, 0.2) is 11.5 Å². The molecule has 1 saturated heterocycles. The molecule has 0 atom stereocenters. The van der Waals surface area contributed by atoms with Gasteiger partial charge in [0.2, 0.25) is 0 Å². The number of oxazole rings is 1. The molecule has 3 aromatic rings. The van der Waals surface area contributed by atoms with Crippen molar-refractivity contribution >= 4 is 28.5 Å². The Hall–Kier alpha value is -2.89. The molecule has 0 aliphatic carbocycles. The monoisotopic (exact) mass is 322 g/mol. The average molecular weight is 322 g/mol. The molecule has 24 heavy (non-hydrogen) atoms. The Morgan fingerprint density at radius 1 is 1.25 bits per heavy atom. The third kappa shape index (κ3) is 2.71. The minimum atomic E-state index is -0.162. The lowest BCUT2D eigenvalue weighted by atomic mass is 10.2. The zero-order valence-electron chi connectivity index (χ0n) is 13.5. The van der Waals surface area contributed by atoms with E-state index in [-0.39, 0.29) is 5.91 Å². The SMILES string of the molecule is Cc1nc2cc(NC(=O)c3cccnc3N3CCCC3)ccc2o1. The topological polar surface area (TPSA) is 71.3 Å². The normalized spacial score (nSPS) is 14.3. The lowest BCUT2D eigenvalue weighted by Gasteiger charge is -2.19. The van der Waals surface area contributed by atoms with Crippen molar-refractivity contribution < 1.29 is 9.21 Å². The Kier molecular flexibility index (Phi) is 3.65. The van der Waals surface area contributed by atoms with E-state index in [0.717, 1.165) is 37.3 Å². The molecule has 0 saturated carbocycles. The summed E-state index contributed by atoms with van der Waals surface area (Å²) in [4.78, 5) is 23.6. The van der Waals surface area contributed by atoms with Crippen molar-refractivity contribution in [3.8, 4) is 0 Å². The van der Waals surface area contributed by atoms with E-state index in [1.807, 2.05) is 24.3 Å². The lowest BCUT2D eigenvalue weighted by Crippen LogP contribution is -2.24. The van der Waals surface area contributed by atoms with E-state index in [9.17, 15) is 4.79 Å². The molecule has 3 heterocycles. The molecule has 1 aliphatic rings. The van der Waals surface area contributed by atoms with Crippen LogP contribution in [0.15, 0.2) is 40.9 Å². The van der Waals surface area contributed by atoms with Gasteiger partial charge in [-0.15, -0.1) is 0 Å². The number of benzene rings is 1. The number of fused-ring (bicyclic) bond motifs is 1. The fourth-order valence-corrected chi connectivity index (χ4v) is 3.07. The summed E-state index contributed by atoms with van der Waals surface area (Å²) in [5.74, 6) is 1.20. The van der Waals surface area contributed by atoms with Crippen LogP contribution in [0.1, 0.15) is 29.1 Å². The molecule has 0 spiro atoms. The minimum absolute atomic E-state index is 0.162. The molecule has 1 N–H and O–H groups in total. The number of hydrogen-bond donors (Lipinski definition) is 1. The summed E-state index contributed by atoms with van der Waals surface area (Å²) >= 11 is 0. The average Bonchev–Trinajstić information content (AvgIpc) is 3.23. The number of aromatic nitrogens is 2. The third-order valence-electron chi connectivity index (χ3n) is 4.19. The molecule has 0 unspecified atom stereocenters. The van der Waals surface area contributed by atoms with E-state index in [1.54, 1.807) is 19.2 Å². The Labute approximate surface area is 139 Å². The van der Waals surface area contributed by atoms with Crippen LogP contribution < -0.4 is 10.2 Å². The molecule has 1 fully saturated rings. The second kappa shape index (κ2) is 5.96. The van der Waals surface area contributed by atoms with Gasteiger partial charge in [0.25, 0.3) is 5.91 Å². The van der Waals surface area contributed by atoms with Crippen molar-refractivity contribution in [2.45, 2.75) is 19.8 Å². The zero-order chi connectivity index (χ0) is 16.5. The molecule has 1 aliphatic heterocycles. The van der Waals surface area contributed by atoms with E-state index in [2.05, 4.69) is 20.2 Å². The number of anilines is 2. The van der Waals surface area contributed by atoms with Crippen molar-refractivity contribution in [2.75, 3.05) is 23.3 Å². The molecule has 1 amide bonds. The van der Waals surface area contributed by atoms with Gasteiger partial charge in [0, 0.05) is 31.9 Å². The fraction of sp³-hybridized carbons (Fsp3) is 0.278. The Balaban J connectivity index is 1.61. The molecule has 122 valence electrons. The summed E-state index contributed by atoms with van der Waals surface area (Å²) in [6.45, 7) is 3.69. The molecule has 2 aromatic heterocycles. The van der Waals surface area contributed by atoms with Gasteiger partial charge >= 0.3 is 0 Å². The highest BCUT2D eigenvalue weighted by atomic mass is 16.3. The van der Waals surface area contributed by atoms with Gasteiger partial charge < -0.3 is 14.6 Å². The van der Waals surface area contributed by atoms with Crippen LogP contribution >= 0.6 is 0 Å². The number of pyridine rings is 1. The molecule has 0 radical (unpaired) electrons. The van der Waals surface area contributed by atoms with Crippen molar-refractivity contribution in [3.63, 3.8) is 0 Å². The Morgan fingerprint density at radius 3 is 2.92 bits per heavy atom. The van der Waals surface area contributed by atoms with Crippen molar-refractivity contribution in [2.24, 2.45) is 0 Å². The highest BCUT2D eigenvalue weighted by Gasteiger charge is 2.20. The van der Waals surface area contributed by atoms with Gasteiger partial charge in [-0.2, -0.15) is 0 Å². The van der Waals surface area contributed by atoms with Gasteiger partial charge in [-0.3, -0.25) is 4.79 Å². The molecule has 6 nitrogen and oxygen atoms in total. The Morgan fingerprint density at radius 2 is 2.08 bits per heavy atom. The predicted molar refractivity (Wildman–Crippen MR) is 92.4 cm³/mol. The summed E-state index contributed by atoms with van der Waals surface area (Å²) in [5, 5.41) is 2.94. The summed E-state index contributed by atoms with van der Waals surface area (Å²) in [6.07, 6.45) is 4.01. The number of carbonyl (C=O) groups is 1. The maximum absolute atomic E-state index is 12.7. The minimum Gasteiger partial charge on any atom is -0.441 e. The van der Waals surface area contributed by atoms with Crippen LogP contribution in [0.3, 0.4) is 0 Å². The van der Waals surface area contributed by atoms with Crippen molar-refractivity contribution in [3.05, 3.63) is 48.0 Å². The molecular formula is C18H18N4O2. The van der Waals surface area contributed by atoms with Crippen molar-refractivity contribution in [1.29, 1.82) is 0 Å². The molecule has 1 aromatic carbocycles. The first-order valence-corrected chi connectivity index (χ1v) is 8.09. The van der Waals surface area contributed by atoms with E-state index in [4.69, 9.17) is 4.42 Å². The standard InChI is InChI=1S/C18H18N4O2/c1-12-20-15-11-13(6-7-16(15)24-12)21-18(23)14-5-4-8-19-17(14)22-9-2-3-10-22/h4-8,11H,2-3,9-10H2,1H3,(H,21,23). The molecule has 4 rings (SSSR count). The second-order valence-corrected chi connectivity index (χ2v) is 5.94. The largest absolute Gasteiger partial charge is 0.441 e.